The number of rotatable bonds is 5. The summed E-state index contributed by atoms with van der Waals surface area (Å²) in [5.74, 6) is 0.677. The lowest BCUT2D eigenvalue weighted by molar-refractivity contribution is 0.0625. The minimum absolute atomic E-state index is 0.409. The Morgan fingerprint density at radius 1 is 1.31 bits per heavy atom. The highest BCUT2D eigenvalue weighted by Crippen LogP contribution is 2.26. The molecule has 1 unspecified atom stereocenters. The van der Waals surface area contributed by atoms with Gasteiger partial charge in [-0.15, -0.1) is 0 Å². The molecule has 0 aliphatic rings. The topological polar surface area (TPSA) is 35.2 Å². The Morgan fingerprint density at radius 2 is 1.88 bits per heavy atom. The molecular formula is C12H17F2NO. The van der Waals surface area contributed by atoms with E-state index in [0.29, 0.717) is 17.9 Å². The SMILES string of the molecule is CCCOc1ccc(C(C)(N)C(F)F)cc1. The van der Waals surface area contributed by atoms with Gasteiger partial charge in [0.1, 0.15) is 5.75 Å². The van der Waals surface area contributed by atoms with Gasteiger partial charge in [-0.1, -0.05) is 19.1 Å². The predicted molar refractivity (Wildman–Crippen MR) is 59.8 cm³/mol. The first-order valence-corrected chi connectivity index (χ1v) is 5.29. The van der Waals surface area contributed by atoms with E-state index < -0.39 is 12.0 Å². The summed E-state index contributed by atoms with van der Waals surface area (Å²) >= 11 is 0. The Hall–Kier alpha value is -1.16. The fourth-order valence-corrected chi connectivity index (χ4v) is 1.26. The zero-order valence-corrected chi connectivity index (χ0v) is 9.54. The third kappa shape index (κ3) is 2.92. The Kier molecular flexibility index (Phi) is 4.24. The van der Waals surface area contributed by atoms with Crippen LogP contribution in [0.25, 0.3) is 0 Å². The molecule has 2 nitrogen and oxygen atoms in total. The maximum atomic E-state index is 12.6. The average Bonchev–Trinajstić information content (AvgIpc) is 2.26. The van der Waals surface area contributed by atoms with Gasteiger partial charge in [-0.05, 0) is 31.0 Å². The zero-order valence-electron chi connectivity index (χ0n) is 9.54. The molecule has 0 spiro atoms. The molecule has 0 radical (unpaired) electrons. The molecule has 2 N–H and O–H groups in total. The maximum Gasteiger partial charge on any atom is 0.260 e. The number of benzene rings is 1. The number of hydrogen-bond donors (Lipinski definition) is 1. The first-order chi connectivity index (χ1) is 7.48. The van der Waals surface area contributed by atoms with Crippen LogP contribution < -0.4 is 10.5 Å². The van der Waals surface area contributed by atoms with Gasteiger partial charge in [0.2, 0.25) is 0 Å². The van der Waals surface area contributed by atoms with E-state index in [0.717, 1.165) is 6.42 Å². The fraction of sp³-hybridized carbons (Fsp3) is 0.500. The average molecular weight is 229 g/mol. The van der Waals surface area contributed by atoms with Gasteiger partial charge in [-0.2, -0.15) is 0 Å². The van der Waals surface area contributed by atoms with Gasteiger partial charge in [0, 0.05) is 0 Å². The summed E-state index contributed by atoms with van der Waals surface area (Å²) in [6.45, 7) is 3.94. The molecule has 0 fully saturated rings. The molecule has 0 saturated carbocycles. The number of halogens is 2. The standard InChI is InChI=1S/C12H17F2NO/c1-3-8-16-10-6-4-9(5-7-10)12(2,15)11(13)14/h4-7,11H,3,8,15H2,1-2H3. The van der Waals surface area contributed by atoms with Crippen molar-refractivity contribution >= 4 is 0 Å². The highest BCUT2D eigenvalue weighted by Gasteiger charge is 2.32. The number of hydrogen-bond acceptors (Lipinski definition) is 2. The third-order valence-electron chi connectivity index (χ3n) is 2.40. The Morgan fingerprint density at radius 3 is 2.31 bits per heavy atom. The normalized spacial score (nSPS) is 14.9. The van der Waals surface area contributed by atoms with Crippen LogP contribution in [0.2, 0.25) is 0 Å². The van der Waals surface area contributed by atoms with Crippen LogP contribution in [0.1, 0.15) is 25.8 Å². The van der Waals surface area contributed by atoms with Crippen molar-refractivity contribution in [2.24, 2.45) is 5.73 Å². The van der Waals surface area contributed by atoms with Crippen LogP contribution in [0, 0.1) is 0 Å². The van der Waals surface area contributed by atoms with Gasteiger partial charge < -0.3 is 10.5 Å². The third-order valence-corrected chi connectivity index (χ3v) is 2.40. The van der Waals surface area contributed by atoms with Gasteiger partial charge in [0.25, 0.3) is 6.43 Å². The van der Waals surface area contributed by atoms with E-state index in [4.69, 9.17) is 10.5 Å². The number of nitrogens with two attached hydrogens (primary N) is 1. The highest BCUT2D eigenvalue weighted by molar-refractivity contribution is 5.31. The predicted octanol–water partition coefficient (Wildman–Crippen LogP) is 2.91. The molecule has 0 aliphatic heterocycles. The van der Waals surface area contributed by atoms with E-state index in [9.17, 15) is 8.78 Å². The van der Waals surface area contributed by atoms with Crippen molar-refractivity contribution in [3.05, 3.63) is 29.8 Å². The van der Waals surface area contributed by atoms with Crippen molar-refractivity contribution in [1.82, 2.24) is 0 Å². The molecule has 0 amide bonds. The second-order valence-electron chi connectivity index (χ2n) is 3.96. The lowest BCUT2D eigenvalue weighted by Crippen LogP contribution is -2.40. The van der Waals surface area contributed by atoms with Crippen LogP contribution in [0.3, 0.4) is 0 Å². The molecule has 1 rings (SSSR count). The summed E-state index contributed by atoms with van der Waals surface area (Å²) < 4.78 is 30.6. The molecule has 1 aromatic carbocycles. The molecule has 0 heterocycles. The number of ether oxygens (including phenoxy) is 1. The monoisotopic (exact) mass is 229 g/mol. The minimum Gasteiger partial charge on any atom is -0.494 e. The van der Waals surface area contributed by atoms with E-state index in [1.165, 1.54) is 6.92 Å². The van der Waals surface area contributed by atoms with Crippen molar-refractivity contribution in [3.8, 4) is 5.75 Å². The van der Waals surface area contributed by atoms with Crippen molar-refractivity contribution in [1.29, 1.82) is 0 Å². The van der Waals surface area contributed by atoms with Crippen LogP contribution >= 0.6 is 0 Å². The molecule has 16 heavy (non-hydrogen) atoms. The van der Waals surface area contributed by atoms with E-state index >= 15 is 0 Å². The summed E-state index contributed by atoms with van der Waals surface area (Å²) in [6, 6.07) is 6.49. The summed E-state index contributed by atoms with van der Waals surface area (Å²) in [5.41, 5.74) is 4.34. The summed E-state index contributed by atoms with van der Waals surface area (Å²) in [6.07, 6.45) is -1.68. The Labute approximate surface area is 94.4 Å². The van der Waals surface area contributed by atoms with Crippen LogP contribution in [0.4, 0.5) is 8.78 Å². The van der Waals surface area contributed by atoms with Crippen molar-refractivity contribution in [2.45, 2.75) is 32.2 Å². The molecule has 1 atom stereocenters. The van der Waals surface area contributed by atoms with Crippen molar-refractivity contribution in [2.75, 3.05) is 6.61 Å². The van der Waals surface area contributed by atoms with Gasteiger partial charge >= 0.3 is 0 Å². The largest absolute Gasteiger partial charge is 0.494 e. The van der Waals surface area contributed by atoms with Crippen LogP contribution in [-0.2, 0) is 5.54 Å². The lowest BCUT2D eigenvalue weighted by Gasteiger charge is -2.24. The Balaban J connectivity index is 2.78. The van der Waals surface area contributed by atoms with E-state index in [1.807, 2.05) is 6.92 Å². The second kappa shape index (κ2) is 5.25. The molecule has 0 aromatic heterocycles. The van der Waals surface area contributed by atoms with Gasteiger partial charge in [-0.25, -0.2) is 8.78 Å². The molecule has 1 aromatic rings. The van der Waals surface area contributed by atoms with Crippen molar-refractivity contribution in [3.63, 3.8) is 0 Å². The van der Waals surface area contributed by atoms with Gasteiger partial charge in [0.15, 0.2) is 0 Å². The van der Waals surface area contributed by atoms with Gasteiger partial charge in [0.05, 0.1) is 12.1 Å². The molecule has 0 aliphatic carbocycles. The smallest absolute Gasteiger partial charge is 0.260 e. The Bertz CT molecular complexity index is 322. The van der Waals surface area contributed by atoms with Crippen LogP contribution in [-0.4, -0.2) is 13.0 Å². The molecule has 0 saturated heterocycles. The van der Waals surface area contributed by atoms with Crippen LogP contribution in [0.15, 0.2) is 24.3 Å². The second-order valence-corrected chi connectivity index (χ2v) is 3.96. The first kappa shape index (κ1) is 12.9. The fourth-order valence-electron chi connectivity index (χ4n) is 1.26. The van der Waals surface area contributed by atoms with E-state index in [2.05, 4.69) is 0 Å². The van der Waals surface area contributed by atoms with Gasteiger partial charge in [-0.3, -0.25) is 0 Å². The quantitative estimate of drug-likeness (QED) is 0.842. The molecule has 0 bridgehead atoms. The zero-order chi connectivity index (χ0) is 12.2. The highest BCUT2D eigenvalue weighted by atomic mass is 19.3. The summed E-state index contributed by atoms with van der Waals surface area (Å²) in [4.78, 5) is 0. The molecule has 90 valence electrons. The van der Waals surface area contributed by atoms with Crippen molar-refractivity contribution < 1.29 is 13.5 Å². The minimum atomic E-state index is -2.59. The first-order valence-electron chi connectivity index (χ1n) is 5.29. The summed E-state index contributed by atoms with van der Waals surface area (Å²) in [7, 11) is 0. The molecular weight excluding hydrogens is 212 g/mol. The summed E-state index contributed by atoms with van der Waals surface area (Å²) in [5, 5.41) is 0. The molecule has 4 heteroatoms. The van der Waals surface area contributed by atoms with E-state index in [1.54, 1.807) is 24.3 Å². The maximum absolute atomic E-state index is 12.6. The van der Waals surface area contributed by atoms with Crippen LogP contribution in [0.5, 0.6) is 5.75 Å². The lowest BCUT2D eigenvalue weighted by atomic mass is 9.94. The van der Waals surface area contributed by atoms with E-state index in [-0.39, 0.29) is 0 Å². The number of alkyl halides is 2.